The van der Waals surface area contributed by atoms with Gasteiger partial charge in [-0.3, -0.25) is 14.7 Å². The van der Waals surface area contributed by atoms with E-state index in [1.165, 1.54) is 0 Å². The second kappa shape index (κ2) is 9.16. The number of hydrogen-bond donors (Lipinski definition) is 0. The van der Waals surface area contributed by atoms with Gasteiger partial charge in [0.2, 0.25) is 0 Å². The van der Waals surface area contributed by atoms with Gasteiger partial charge >= 0.3 is 0 Å². The Morgan fingerprint density at radius 2 is 1.75 bits per heavy atom. The molecule has 1 aliphatic rings. The van der Waals surface area contributed by atoms with Crippen molar-refractivity contribution in [2.45, 2.75) is 6.42 Å². The highest BCUT2D eigenvalue weighted by molar-refractivity contribution is 9.10. The SMILES string of the molecule is Cl.O=C(c1ccccc1Br)N1CCN(CCc2ccccn2)CC1. The molecule has 1 aromatic heterocycles. The summed E-state index contributed by atoms with van der Waals surface area (Å²) in [5.74, 6) is 0.113. The lowest BCUT2D eigenvalue weighted by Crippen LogP contribution is -2.49. The molecule has 0 bridgehead atoms. The maximum absolute atomic E-state index is 12.6. The normalized spacial score (nSPS) is 15.0. The lowest BCUT2D eigenvalue weighted by atomic mass is 10.1. The summed E-state index contributed by atoms with van der Waals surface area (Å²) in [6.07, 6.45) is 2.79. The van der Waals surface area contributed by atoms with Crippen LogP contribution in [0.2, 0.25) is 0 Å². The van der Waals surface area contributed by atoms with Gasteiger partial charge in [-0.05, 0) is 40.2 Å². The van der Waals surface area contributed by atoms with E-state index in [2.05, 4.69) is 31.9 Å². The Labute approximate surface area is 157 Å². The van der Waals surface area contributed by atoms with Gasteiger partial charge in [-0.15, -0.1) is 12.4 Å². The van der Waals surface area contributed by atoms with Crippen LogP contribution in [0.1, 0.15) is 16.1 Å². The van der Waals surface area contributed by atoms with Crippen molar-refractivity contribution in [2.75, 3.05) is 32.7 Å². The molecule has 0 spiro atoms. The molecule has 0 aliphatic carbocycles. The van der Waals surface area contributed by atoms with Crippen molar-refractivity contribution in [2.24, 2.45) is 0 Å². The van der Waals surface area contributed by atoms with E-state index >= 15 is 0 Å². The minimum absolute atomic E-state index is 0. The molecular weight excluding hydrogens is 390 g/mol. The molecule has 0 radical (unpaired) electrons. The molecule has 0 atom stereocenters. The molecule has 1 aliphatic heterocycles. The average Bonchev–Trinajstić information content (AvgIpc) is 2.61. The lowest BCUT2D eigenvalue weighted by Gasteiger charge is -2.34. The predicted molar refractivity (Wildman–Crippen MR) is 102 cm³/mol. The standard InChI is InChI=1S/C18H20BrN3O.ClH/c19-17-7-2-1-6-16(17)18(23)22-13-11-21(12-14-22)10-8-15-5-3-4-9-20-15;/h1-7,9H,8,10-14H2;1H. The van der Waals surface area contributed by atoms with Gasteiger partial charge < -0.3 is 4.90 Å². The summed E-state index contributed by atoms with van der Waals surface area (Å²) in [6.45, 7) is 4.39. The smallest absolute Gasteiger partial charge is 0.255 e. The maximum atomic E-state index is 12.6. The first-order valence-electron chi connectivity index (χ1n) is 7.90. The molecule has 24 heavy (non-hydrogen) atoms. The highest BCUT2D eigenvalue weighted by Crippen LogP contribution is 2.18. The van der Waals surface area contributed by atoms with Crippen LogP contribution in [0, 0.1) is 0 Å². The fourth-order valence-electron chi connectivity index (χ4n) is 2.80. The Morgan fingerprint density at radius 1 is 1.04 bits per heavy atom. The number of rotatable bonds is 4. The van der Waals surface area contributed by atoms with E-state index in [1.54, 1.807) is 0 Å². The predicted octanol–water partition coefficient (Wildman–Crippen LogP) is 3.27. The van der Waals surface area contributed by atoms with Gasteiger partial charge in [0.1, 0.15) is 0 Å². The third-order valence-electron chi connectivity index (χ3n) is 4.17. The van der Waals surface area contributed by atoms with Gasteiger partial charge in [0.05, 0.1) is 5.56 Å². The van der Waals surface area contributed by atoms with E-state index in [9.17, 15) is 4.79 Å². The topological polar surface area (TPSA) is 36.4 Å². The molecule has 128 valence electrons. The number of carbonyl (C=O) groups excluding carboxylic acids is 1. The zero-order valence-electron chi connectivity index (χ0n) is 13.4. The Hall–Kier alpha value is -1.43. The summed E-state index contributed by atoms with van der Waals surface area (Å²) in [4.78, 5) is 21.3. The summed E-state index contributed by atoms with van der Waals surface area (Å²) in [7, 11) is 0. The minimum Gasteiger partial charge on any atom is -0.336 e. The fourth-order valence-corrected chi connectivity index (χ4v) is 3.25. The highest BCUT2D eigenvalue weighted by Gasteiger charge is 2.23. The van der Waals surface area contributed by atoms with Crippen molar-refractivity contribution in [3.05, 3.63) is 64.4 Å². The number of pyridine rings is 1. The van der Waals surface area contributed by atoms with Crippen LogP contribution < -0.4 is 0 Å². The molecular formula is C18H21BrClN3O. The van der Waals surface area contributed by atoms with E-state index < -0.39 is 0 Å². The first-order valence-corrected chi connectivity index (χ1v) is 8.69. The molecule has 1 amide bonds. The second-order valence-electron chi connectivity index (χ2n) is 5.68. The second-order valence-corrected chi connectivity index (χ2v) is 6.54. The average molecular weight is 411 g/mol. The molecule has 2 heterocycles. The van der Waals surface area contributed by atoms with E-state index in [0.29, 0.717) is 0 Å². The van der Waals surface area contributed by atoms with Crippen molar-refractivity contribution >= 4 is 34.2 Å². The zero-order valence-corrected chi connectivity index (χ0v) is 15.8. The number of halogens is 2. The zero-order chi connectivity index (χ0) is 16.1. The lowest BCUT2D eigenvalue weighted by molar-refractivity contribution is 0.0637. The van der Waals surface area contributed by atoms with Gasteiger partial charge in [-0.1, -0.05) is 18.2 Å². The van der Waals surface area contributed by atoms with Crippen LogP contribution in [-0.4, -0.2) is 53.4 Å². The largest absolute Gasteiger partial charge is 0.336 e. The Balaban J connectivity index is 0.00000208. The molecule has 3 rings (SSSR count). The first-order chi connectivity index (χ1) is 11.2. The van der Waals surface area contributed by atoms with E-state index in [-0.39, 0.29) is 18.3 Å². The minimum atomic E-state index is 0. The number of benzene rings is 1. The van der Waals surface area contributed by atoms with Gasteiger partial charge in [-0.2, -0.15) is 0 Å². The molecule has 0 N–H and O–H groups in total. The van der Waals surface area contributed by atoms with Crippen molar-refractivity contribution in [3.8, 4) is 0 Å². The summed E-state index contributed by atoms with van der Waals surface area (Å²) in [6, 6.07) is 13.6. The van der Waals surface area contributed by atoms with Crippen molar-refractivity contribution in [3.63, 3.8) is 0 Å². The molecule has 0 unspecified atom stereocenters. The van der Waals surface area contributed by atoms with E-state index in [0.717, 1.165) is 54.9 Å². The third kappa shape index (κ3) is 4.79. The number of nitrogens with zero attached hydrogens (tertiary/aromatic N) is 3. The third-order valence-corrected chi connectivity index (χ3v) is 4.87. The Kier molecular flexibility index (Phi) is 7.21. The molecule has 1 saturated heterocycles. The van der Waals surface area contributed by atoms with Gasteiger partial charge in [0.15, 0.2) is 0 Å². The first kappa shape index (κ1) is 18.9. The Bertz CT molecular complexity index is 660. The Morgan fingerprint density at radius 3 is 2.42 bits per heavy atom. The van der Waals surface area contributed by atoms with Gasteiger partial charge in [0.25, 0.3) is 5.91 Å². The van der Waals surface area contributed by atoms with E-state index in [1.807, 2.05) is 47.5 Å². The molecule has 4 nitrogen and oxygen atoms in total. The van der Waals surface area contributed by atoms with Crippen molar-refractivity contribution < 1.29 is 4.79 Å². The van der Waals surface area contributed by atoms with Crippen LogP contribution in [0.4, 0.5) is 0 Å². The van der Waals surface area contributed by atoms with Crippen LogP contribution in [0.15, 0.2) is 53.1 Å². The van der Waals surface area contributed by atoms with Crippen LogP contribution in [0.25, 0.3) is 0 Å². The van der Waals surface area contributed by atoms with E-state index in [4.69, 9.17) is 0 Å². The maximum Gasteiger partial charge on any atom is 0.255 e. The van der Waals surface area contributed by atoms with Crippen molar-refractivity contribution in [1.82, 2.24) is 14.8 Å². The summed E-state index contributed by atoms with van der Waals surface area (Å²) >= 11 is 3.46. The summed E-state index contributed by atoms with van der Waals surface area (Å²) in [5, 5.41) is 0. The monoisotopic (exact) mass is 409 g/mol. The van der Waals surface area contributed by atoms with Crippen LogP contribution >= 0.6 is 28.3 Å². The van der Waals surface area contributed by atoms with Gasteiger partial charge in [0, 0.05) is 55.5 Å². The molecule has 1 aromatic carbocycles. The van der Waals surface area contributed by atoms with Crippen LogP contribution in [0.3, 0.4) is 0 Å². The van der Waals surface area contributed by atoms with Crippen LogP contribution in [-0.2, 0) is 6.42 Å². The summed E-state index contributed by atoms with van der Waals surface area (Å²) < 4.78 is 0.864. The number of aromatic nitrogens is 1. The number of carbonyl (C=O) groups is 1. The van der Waals surface area contributed by atoms with Crippen LogP contribution in [0.5, 0.6) is 0 Å². The number of hydrogen-bond acceptors (Lipinski definition) is 3. The number of amides is 1. The number of piperazine rings is 1. The summed E-state index contributed by atoms with van der Waals surface area (Å²) in [5.41, 5.74) is 1.87. The molecule has 1 fully saturated rings. The van der Waals surface area contributed by atoms with Gasteiger partial charge in [-0.25, -0.2) is 0 Å². The molecule has 6 heteroatoms. The fraction of sp³-hybridized carbons (Fsp3) is 0.333. The molecule has 2 aromatic rings. The molecule has 0 saturated carbocycles. The highest BCUT2D eigenvalue weighted by atomic mass is 79.9. The van der Waals surface area contributed by atoms with Crippen molar-refractivity contribution in [1.29, 1.82) is 0 Å². The quantitative estimate of drug-likeness (QED) is 0.776.